The average Bonchev–Trinajstić information content (AvgIpc) is 2.48. The topological polar surface area (TPSA) is 63.8 Å². The van der Waals surface area contributed by atoms with Gasteiger partial charge in [-0.15, -0.1) is 0 Å². The van der Waals surface area contributed by atoms with E-state index in [1.54, 1.807) is 6.33 Å². The first-order chi connectivity index (χ1) is 9.74. The lowest BCUT2D eigenvalue weighted by Gasteiger charge is -2.16. The van der Waals surface area contributed by atoms with Crippen molar-refractivity contribution in [2.45, 2.75) is 13.0 Å². The van der Waals surface area contributed by atoms with E-state index in [9.17, 15) is 0 Å². The first-order valence-corrected chi connectivity index (χ1v) is 6.56. The Bertz CT molecular complexity index is 725. The fourth-order valence-corrected chi connectivity index (χ4v) is 2.22. The van der Waals surface area contributed by atoms with Crippen LogP contribution in [0.2, 0.25) is 0 Å². The molecule has 1 aromatic heterocycles. The summed E-state index contributed by atoms with van der Waals surface area (Å²) in [5, 5.41) is 4.41. The largest absolute Gasteiger partial charge is 0.399 e. The predicted octanol–water partition coefficient (Wildman–Crippen LogP) is 3.39. The van der Waals surface area contributed by atoms with E-state index in [2.05, 4.69) is 34.3 Å². The molecule has 1 atom stereocenters. The molecule has 2 aromatic carbocycles. The standard InChI is InChI=1S/C16H16N4/c1-11(12-5-3-2-4-6-12)20-16-14-8-7-13(17)9-15(14)18-10-19-16/h2-11H,17H2,1H3,(H,18,19,20). The van der Waals surface area contributed by atoms with E-state index >= 15 is 0 Å². The van der Waals surface area contributed by atoms with Gasteiger partial charge in [-0.05, 0) is 30.7 Å². The van der Waals surface area contributed by atoms with E-state index in [1.807, 2.05) is 36.4 Å². The van der Waals surface area contributed by atoms with Gasteiger partial charge in [-0.1, -0.05) is 30.3 Å². The van der Waals surface area contributed by atoms with Crippen molar-refractivity contribution in [2.75, 3.05) is 11.1 Å². The summed E-state index contributed by atoms with van der Waals surface area (Å²) in [5.74, 6) is 0.825. The zero-order valence-corrected chi connectivity index (χ0v) is 11.2. The number of anilines is 2. The Hall–Kier alpha value is -2.62. The molecular formula is C16H16N4. The Kier molecular flexibility index (Phi) is 3.21. The Morgan fingerprint density at radius 3 is 2.65 bits per heavy atom. The number of aromatic nitrogens is 2. The second-order valence-electron chi connectivity index (χ2n) is 4.78. The van der Waals surface area contributed by atoms with Crippen LogP contribution in [0.3, 0.4) is 0 Å². The lowest BCUT2D eigenvalue weighted by atomic mass is 10.1. The molecular weight excluding hydrogens is 248 g/mol. The fourth-order valence-electron chi connectivity index (χ4n) is 2.22. The van der Waals surface area contributed by atoms with Gasteiger partial charge in [-0.2, -0.15) is 0 Å². The number of fused-ring (bicyclic) bond motifs is 1. The molecule has 3 aromatic rings. The quantitative estimate of drug-likeness (QED) is 0.712. The number of rotatable bonds is 3. The molecule has 0 aliphatic rings. The summed E-state index contributed by atoms with van der Waals surface area (Å²) in [5.41, 5.74) is 8.56. The number of nitrogen functional groups attached to an aromatic ring is 1. The van der Waals surface area contributed by atoms with E-state index in [4.69, 9.17) is 5.73 Å². The molecule has 1 unspecified atom stereocenters. The molecule has 3 rings (SSSR count). The van der Waals surface area contributed by atoms with Crippen LogP contribution in [0.1, 0.15) is 18.5 Å². The van der Waals surface area contributed by atoms with Gasteiger partial charge in [-0.25, -0.2) is 9.97 Å². The van der Waals surface area contributed by atoms with Crippen molar-refractivity contribution < 1.29 is 0 Å². The minimum atomic E-state index is 0.173. The number of nitrogens with one attached hydrogen (secondary N) is 1. The molecule has 20 heavy (non-hydrogen) atoms. The molecule has 100 valence electrons. The summed E-state index contributed by atoms with van der Waals surface area (Å²) in [6.45, 7) is 2.11. The van der Waals surface area contributed by atoms with Crippen molar-refractivity contribution in [3.63, 3.8) is 0 Å². The molecule has 0 radical (unpaired) electrons. The molecule has 1 heterocycles. The van der Waals surface area contributed by atoms with Gasteiger partial charge in [-0.3, -0.25) is 0 Å². The SMILES string of the molecule is CC(Nc1ncnc2cc(N)ccc12)c1ccccc1. The van der Waals surface area contributed by atoms with Gasteiger partial charge < -0.3 is 11.1 Å². The van der Waals surface area contributed by atoms with Crippen LogP contribution in [0.5, 0.6) is 0 Å². The van der Waals surface area contributed by atoms with Crippen LogP contribution < -0.4 is 11.1 Å². The lowest BCUT2D eigenvalue weighted by Crippen LogP contribution is -2.08. The highest BCUT2D eigenvalue weighted by atomic mass is 15.0. The number of nitrogens with two attached hydrogens (primary N) is 1. The van der Waals surface area contributed by atoms with E-state index in [0.717, 1.165) is 16.7 Å². The van der Waals surface area contributed by atoms with E-state index in [1.165, 1.54) is 5.56 Å². The van der Waals surface area contributed by atoms with Crippen molar-refractivity contribution in [2.24, 2.45) is 0 Å². The normalized spacial score (nSPS) is 12.2. The molecule has 4 heteroatoms. The number of hydrogen-bond acceptors (Lipinski definition) is 4. The van der Waals surface area contributed by atoms with Gasteiger partial charge in [0.1, 0.15) is 12.1 Å². The molecule has 0 spiro atoms. The predicted molar refractivity (Wildman–Crippen MR) is 82.4 cm³/mol. The maximum atomic E-state index is 5.79. The average molecular weight is 264 g/mol. The molecule has 0 saturated heterocycles. The summed E-state index contributed by atoms with van der Waals surface area (Å²) >= 11 is 0. The smallest absolute Gasteiger partial charge is 0.137 e. The van der Waals surface area contributed by atoms with E-state index in [-0.39, 0.29) is 6.04 Å². The first kappa shape index (κ1) is 12.4. The molecule has 0 fully saturated rings. The molecule has 4 nitrogen and oxygen atoms in total. The molecule has 0 saturated carbocycles. The zero-order valence-electron chi connectivity index (χ0n) is 11.2. The van der Waals surface area contributed by atoms with Gasteiger partial charge in [0.25, 0.3) is 0 Å². The highest BCUT2D eigenvalue weighted by molar-refractivity contribution is 5.90. The minimum Gasteiger partial charge on any atom is -0.399 e. The third-order valence-electron chi connectivity index (χ3n) is 3.31. The van der Waals surface area contributed by atoms with Gasteiger partial charge in [0.05, 0.1) is 5.52 Å². The van der Waals surface area contributed by atoms with Gasteiger partial charge in [0.2, 0.25) is 0 Å². The summed E-state index contributed by atoms with van der Waals surface area (Å²) < 4.78 is 0. The van der Waals surface area contributed by atoms with E-state index < -0.39 is 0 Å². The third-order valence-corrected chi connectivity index (χ3v) is 3.31. The first-order valence-electron chi connectivity index (χ1n) is 6.56. The number of hydrogen-bond donors (Lipinski definition) is 2. The van der Waals surface area contributed by atoms with Crippen LogP contribution in [0, 0.1) is 0 Å². The monoisotopic (exact) mass is 264 g/mol. The maximum Gasteiger partial charge on any atom is 0.137 e. The fraction of sp³-hybridized carbons (Fsp3) is 0.125. The zero-order chi connectivity index (χ0) is 13.9. The van der Waals surface area contributed by atoms with Crippen molar-refractivity contribution in [3.8, 4) is 0 Å². The number of benzene rings is 2. The second kappa shape index (κ2) is 5.17. The molecule has 0 aliphatic carbocycles. The number of nitrogens with zero attached hydrogens (tertiary/aromatic N) is 2. The van der Waals surface area contributed by atoms with Crippen LogP contribution in [0.25, 0.3) is 10.9 Å². The van der Waals surface area contributed by atoms with Gasteiger partial charge >= 0.3 is 0 Å². The Morgan fingerprint density at radius 2 is 1.85 bits per heavy atom. The van der Waals surface area contributed by atoms with Crippen molar-refractivity contribution >= 4 is 22.4 Å². The maximum absolute atomic E-state index is 5.79. The summed E-state index contributed by atoms with van der Waals surface area (Å²) in [6.07, 6.45) is 1.56. The van der Waals surface area contributed by atoms with Crippen molar-refractivity contribution in [3.05, 3.63) is 60.4 Å². The van der Waals surface area contributed by atoms with E-state index in [0.29, 0.717) is 5.69 Å². The van der Waals surface area contributed by atoms with Crippen LogP contribution in [-0.2, 0) is 0 Å². The minimum absolute atomic E-state index is 0.173. The van der Waals surface area contributed by atoms with Crippen LogP contribution >= 0.6 is 0 Å². The van der Waals surface area contributed by atoms with Crippen molar-refractivity contribution in [1.29, 1.82) is 0 Å². The Balaban J connectivity index is 1.95. The lowest BCUT2D eigenvalue weighted by molar-refractivity contribution is 0.876. The molecule has 3 N–H and O–H groups in total. The second-order valence-corrected chi connectivity index (χ2v) is 4.78. The van der Waals surface area contributed by atoms with Crippen molar-refractivity contribution in [1.82, 2.24) is 9.97 Å². The Morgan fingerprint density at radius 1 is 1.05 bits per heavy atom. The third kappa shape index (κ3) is 2.40. The van der Waals surface area contributed by atoms with Crippen LogP contribution in [-0.4, -0.2) is 9.97 Å². The van der Waals surface area contributed by atoms with Gasteiger partial charge in [0.15, 0.2) is 0 Å². The Labute approximate surface area is 117 Å². The highest BCUT2D eigenvalue weighted by Gasteiger charge is 2.09. The van der Waals surface area contributed by atoms with Crippen LogP contribution in [0.4, 0.5) is 11.5 Å². The molecule has 0 aliphatic heterocycles. The highest BCUT2D eigenvalue weighted by Crippen LogP contribution is 2.25. The summed E-state index contributed by atoms with van der Waals surface area (Å²) in [6, 6.07) is 16.1. The van der Waals surface area contributed by atoms with Crippen LogP contribution in [0.15, 0.2) is 54.9 Å². The summed E-state index contributed by atoms with van der Waals surface area (Å²) in [4.78, 5) is 8.59. The summed E-state index contributed by atoms with van der Waals surface area (Å²) in [7, 11) is 0. The molecule has 0 amide bonds. The molecule has 0 bridgehead atoms. The van der Waals surface area contributed by atoms with Gasteiger partial charge in [0, 0.05) is 17.1 Å².